The van der Waals surface area contributed by atoms with Crippen molar-refractivity contribution in [2.24, 2.45) is 4.99 Å². The van der Waals surface area contributed by atoms with Crippen LogP contribution in [0.15, 0.2) is 47.5 Å². The monoisotopic (exact) mass is 273 g/mol. The lowest BCUT2D eigenvalue weighted by molar-refractivity contribution is -0.142. The first-order valence-electron chi connectivity index (χ1n) is 5.93. The number of aliphatic imine (C=N–C) groups is 1. The van der Waals surface area contributed by atoms with Crippen LogP contribution in [-0.2, 0) is 9.53 Å². The summed E-state index contributed by atoms with van der Waals surface area (Å²) in [6.45, 7) is 2.04. The number of methoxy groups -OCH3 is 1. The van der Waals surface area contributed by atoms with Crippen molar-refractivity contribution in [3.63, 3.8) is 0 Å². The molecule has 3 nitrogen and oxygen atoms in total. The van der Waals surface area contributed by atoms with Gasteiger partial charge in [-0.2, -0.15) is 0 Å². The highest BCUT2D eigenvalue weighted by atomic mass is 32.1. The minimum absolute atomic E-state index is 0.351. The number of nitrogens with zero attached hydrogens (tertiary/aromatic N) is 1. The highest BCUT2D eigenvalue weighted by Gasteiger charge is 2.19. The number of carbonyl (C=O) groups excluding carboxylic acids is 1. The number of carbonyl (C=O) groups is 1. The number of hydrogen-bond acceptors (Lipinski definition) is 4. The molecule has 0 N–H and O–H groups in total. The zero-order chi connectivity index (χ0) is 13.7. The molecule has 1 heterocycles. The number of benzene rings is 1. The lowest BCUT2D eigenvalue weighted by Crippen LogP contribution is -2.12. The van der Waals surface area contributed by atoms with Gasteiger partial charge in [0.15, 0.2) is 6.04 Å². The summed E-state index contributed by atoms with van der Waals surface area (Å²) in [5.74, 6) is -0.351. The van der Waals surface area contributed by atoms with E-state index in [4.69, 9.17) is 4.74 Å². The van der Waals surface area contributed by atoms with Crippen LogP contribution >= 0.6 is 11.3 Å². The maximum Gasteiger partial charge on any atom is 0.335 e. The molecule has 1 atom stereocenters. The van der Waals surface area contributed by atoms with Gasteiger partial charge < -0.3 is 4.74 Å². The first-order chi connectivity index (χ1) is 9.20. The third kappa shape index (κ3) is 3.51. The van der Waals surface area contributed by atoms with E-state index in [1.54, 1.807) is 17.6 Å². The van der Waals surface area contributed by atoms with Crippen molar-refractivity contribution >= 4 is 23.5 Å². The van der Waals surface area contributed by atoms with E-state index in [0.29, 0.717) is 0 Å². The van der Waals surface area contributed by atoms with Gasteiger partial charge in [0.1, 0.15) is 0 Å². The summed E-state index contributed by atoms with van der Waals surface area (Å²) >= 11 is 1.64. The SMILES string of the molecule is COC(=O)C(N=Cc1ccc(C)s1)c1ccccc1. The molecule has 4 heteroatoms. The van der Waals surface area contributed by atoms with Gasteiger partial charge in [0, 0.05) is 16.0 Å². The molecule has 19 heavy (non-hydrogen) atoms. The second-order valence-electron chi connectivity index (χ2n) is 4.06. The maximum absolute atomic E-state index is 11.8. The molecule has 0 fully saturated rings. The quantitative estimate of drug-likeness (QED) is 0.632. The molecule has 1 unspecified atom stereocenters. The Hall–Kier alpha value is -1.94. The fourth-order valence-corrected chi connectivity index (χ4v) is 2.46. The van der Waals surface area contributed by atoms with Crippen LogP contribution in [0.1, 0.15) is 21.4 Å². The van der Waals surface area contributed by atoms with Crippen molar-refractivity contribution in [2.75, 3.05) is 7.11 Å². The maximum atomic E-state index is 11.8. The molecule has 0 bridgehead atoms. The van der Waals surface area contributed by atoms with E-state index in [-0.39, 0.29) is 5.97 Å². The van der Waals surface area contributed by atoms with Gasteiger partial charge >= 0.3 is 5.97 Å². The van der Waals surface area contributed by atoms with Gasteiger partial charge in [0.05, 0.1) is 7.11 Å². The van der Waals surface area contributed by atoms with Crippen LogP contribution in [0.5, 0.6) is 0 Å². The fraction of sp³-hybridized carbons (Fsp3) is 0.200. The highest BCUT2D eigenvalue weighted by Crippen LogP contribution is 2.20. The average Bonchev–Trinajstić information content (AvgIpc) is 2.85. The average molecular weight is 273 g/mol. The van der Waals surface area contributed by atoms with Crippen LogP contribution in [0.3, 0.4) is 0 Å². The molecule has 98 valence electrons. The summed E-state index contributed by atoms with van der Waals surface area (Å²) in [6, 6.07) is 12.8. The molecule has 0 amide bonds. The van der Waals surface area contributed by atoms with Crippen molar-refractivity contribution < 1.29 is 9.53 Å². The van der Waals surface area contributed by atoms with E-state index >= 15 is 0 Å². The first kappa shape index (κ1) is 13.5. The van der Waals surface area contributed by atoms with Crippen LogP contribution in [0.25, 0.3) is 0 Å². The van der Waals surface area contributed by atoms with Gasteiger partial charge in [0.25, 0.3) is 0 Å². The summed E-state index contributed by atoms with van der Waals surface area (Å²) < 4.78 is 4.81. The Bertz CT molecular complexity index is 575. The molecule has 0 aliphatic rings. The molecule has 2 rings (SSSR count). The van der Waals surface area contributed by atoms with Gasteiger partial charge in [-0.05, 0) is 24.6 Å². The van der Waals surface area contributed by atoms with Crippen molar-refractivity contribution in [3.8, 4) is 0 Å². The lowest BCUT2D eigenvalue weighted by atomic mass is 10.1. The van der Waals surface area contributed by atoms with Gasteiger partial charge in [-0.15, -0.1) is 11.3 Å². The van der Waals surface area contributed by atoms with Crippen molar-refractivity contribution in [2.45, 2.75) is 13.0 Å². The lowest BCUT2D eigenvalue weighted by Gasteiger charge is -2.09. The van der Waals surface area contributed by atoms with Crippen LogP contribution < -0.4 is 0 Å². The normalized spacial score (nSPS) is 12.5. The van der Waals surface area contributed by atoms with Crippen LogP contribution in [0.2, 0.25) is 0 Å². The highest BCUT2D eigenvalue weighted by molar-refractivity contribution is 7.13. The molecule has 1 aromatic carbocycles. The zero-order valence-corrected chi connectivity index (χ0v) is 11.7. The second kappa shape index (κ2) is 6.29. The predicted molar refractivity (Wildman–Crippen MR) is 77.8 cm³/mol. The molecule has 0 aliphatic heterocycles. The van der Waals surface area contributed by atoms with E-state index in [1.807, 2.05) is 49.4 Å². The van der Waals surface area contributed by atoms with Crippen LogP contribution in [0.4, 0.5) is 0 Å². The number of esters is 1. The summed E-state index contributed by atoms with van der Waals surface area (Å²) in [6.07, 6.45) is 1.73. The number of hydrogen-bond donors (Lipinski definition) is 0. The summed E-state index contributed by atoms with van der Waals surface area (Å²) in [5.41, 5.74) is 0.832. The Morgan fingerprint density at radius 1 is 1.26 bits per heavy atom. The minimum Gasteiger partial charge on any atom is -0.467 e. The molecular weight excluding hydrogens is 258 g/mol. The molecule has 0 saturated carbocycles. The van der Waals surface area contributed by atoms with Gasteiger partial charge in [-0.25, -0.2) is 4.79 Å². The Morgan fingerprint density at radius 2 is 2.00 bits per heavy atom. The van der Waals surface area contributed by atoms with Gasteiger partial charge in [-0.1, -0.05) is 30.3 Å². The van der Waals surface area contributed by atoms with Crippen molar-refractivity contribution in [1.29, 1.82) is 0 Å². The minimum atomic E-state index is -0.603. The summed E-state index contributed by atoms with van der Waals surface area (Å²) in [7, 11) is 1.38. The molecule has 0 spiro atoms. The second-order valence-corrected chi connectivity index (χ2v) is 5.38. The summed E-state index contributed by atoms with van der Waals surface area (Å²) in [5, 5.41) is 0. The third-order valence-corrected chi connectivity index (χ3v) is 3.59. The van der Waals surface area contributed by atoms with E-state index in [9.17, 15) is 4.79 Å². The van der Waals surface area contributed by atoms with E-state index in [1.165, 1.54) is 12.0 Å². The Balaban J connectivity index is 2.24. The van der Waals surface area contributed by atoms with Crippen molar-refractivity contribution in [1.82, 2.24) is 0 Å². The standard InChI is InChI=1S/C15H15NO2S/c1-11-8-9-13(19-11)10-16-14(15(17)18-2)12-6-4-3-5-7-12/h3-10,14H,1-2H3. The molecule has 1 aromatic heterocycles. The van der Waals surface area contributed by atoms with Crippen molar-refractivity contribution in [3.05, 3.63) is 57.8 Å². The molecule has 2 aromatic rings. The molecule has 0 radical (unpaired) electrons. The first-order valence-corrected chi connectivity index (χ1v) is 6.75. The van der Waals surface area contributed by atoms with Gasteiger partial charge in [-0.3, -0.25) is 4.99 Å². The van der Waals surface area contributed by atoms with Crippen LogP contribution in [-0.4, -0.2) is 19.3 Å². The Morgan fingerprint density at radius 3 is 2.58 bits per heavy atom. The Kier molecular flexibility index (Phi) is 4.47. The molecule has 0 aliphatic carbocycles. The van der Waals surface area contributed by atoms with E-state index < -0.39 is 6.04 Å². The molecule has 0 saturated heterocycles. The fourth-order valence-electron chi connectivity index (χ4n) is 1.70. The third-order valence-electron chi connectivity index (χ3n) is 2.65. The smallest absolute Gasteiger partial charge is 0.335 e. The summed E-state index contributed by atoms with van der Waals surface area (Å²) in [4.78, 5) is 18.4. The Labute approximate surface area is 116 Å². The number of thiophene rings is 1. The van der Waals surface area contributed by atoms with E-state index in [0.717, 1.165) is 10.4 Å². The number of aryl methyl sites for hydroxylation is 1. The van der Waals surface area contributed by atoms with Crippen LogP contribution in [0, 0.1) is 6.92 Å². The zero-order valence-electron chi connectivity index (χ0n) is 10.9. The topological polar surface area (TPSA) is 38.7 Å². The largest absolute Gasteiger partial charge is 0.467 e. The van der Waals surface area contributed by atoms with E-state index in [2.05, 4.69) is 4.99 Å². The molecular formula is C15H15NO2S. The number of rotatable bonds is 4. The predicted octanol–water partition coefficient (Wildman–Crippen LogP) is 3.39. The van der Waals surface area contributed by atoms with Gasteiger partial charge in [0.2, 0.25) is 0 Å². The number of ether oxygens (including phenoxy) is 1.